The normalized spacial score (nSPS) is 10.5. The molecule has 0 aromatic rings. The van der Waals surface area contributed by atoms with Crippen molar-refractivity contribution in [2.75, 3.05) is 20.1 Å². The van der Waals surface area contributed by atoms with E-state index in [2.05, 4.69) is 11.8 Å². The SMILES string of the molecule is CCCCN(C)CCC(=O)Cl. The van der Waals surface area contributed by atoms with Gasteiger partial charge in [-0.1, -0.05) is 13.3 Å². The number of nitrogens with zero attached hydrogens (tertiary/aromatic N) is 1. The van der Waals surface area contributed by atoms with Crippen molar-refractivity contribution in [1.82, 2.24) is 4.90 Å². The third-order valence-electron chi connectivity index (χ3n) is 1.58. The fourth-order valence-electron chi connectivity index (χ4n) is 0.819. The van der Waals surface area contributed by atoms with Gasteiger partial charge in [-0.3, -0.25) is 4.79 Å². The molecule has 3 heteroatoms. The summed E-state index contributed by atoms with van der Waals surface area (Å²) < 4.78 is 0. The molecule has 0 aromatic heterocycles. The molecule has 0 aromatic carbocycles. The van der Waals surface area contributed by atoms with Crippen LogP contribution in [0.2, 0.25) is 0 Å². The van der Waals surface area contributed by atoms with Crippen molar-refractivity contribution in [2.24, 2.45) is 0 Å². The molecule has 0 N–H and O–H groups in total. The monoisotopic (exact) mass is 177 g/mol. The maximum Gasteiger partial charge on any atom is 0.222 e. The van der Waals surface area contributed by atoms with E-state index in [4.69, 9.17) is 11.6 Å². The van der Waals surface area contributed by atoms with E-state index in [1.165, 1.54) is 12.8 Å². The van der Waals surface area contributed by atoms with Crippen molar-refractivity contribution in [3.05, 3.63) is 0 Å². The van der Waals surface area contributed by atoms with Crippen molar-refractivity contribution in [3.8, 4) is 0 Å². The second-order valence-electron chi connectivity index (χ2n) is 2.76. The molecular weight excluding hydrogens is 162 g/mol. The van der Waals surface area contributed by atoms with E-state index >= 15 is 0 Å². The molecule has 2 nitrogen and oxygen atoms in total. The first-order chi connectivity index (χ1) is 5.16. The topological polar surface area (TPSA) is 20.3 Å². The Morgan fingerprint density at radius 3 is 2.55 bits per heavy atom. The molecule has 0 rings (SSSR count). The molecule has 0 heterocycles. The molecule has 0 unspecified atom stereocenters. The molecule has 0 bridgehead atoms. The smallest absolute Gasteiger partial charge is 0.222 e. The lowest BCUT2D eigenvalue weighted by Crippen LogP contribution is -2.21. The number of unbranched alkanes of at least 4 members (excludes halogenated alkanes) is 1. The molecule has 0 amide bonds. The summed E-state index contributed by atoms with van der Waals surface area (Å²) in [6.07, 6.45) is 2.84. The number of hydrogen-bond acceptors (Lipinski definition) is 2. The minimum absolute atomic E-state index is 0.242. The second kappa shape index (κ2) is 6.62. The van der Waals surface area contributed by atoms with Crippen LogP contribution in [-0.4, -0.2) is 30.3 Å². The number of carbonyl (C=O) groups is 1. The molecule has 0 aliphatic heterocycles. The van der Waals surface area contributed by atoms with Gasteiger partial charge in [-0.25, -0.2) is 0 Å². The van der Waals surface area contributed by atoms with Crippen LogP contribution in [0.3, 0.4) is 0 Å². The van der Waals surface area contributed by atoms with Crippen LogP contribution >= 0.6 is 11.6 Å². The third kappa shape index (κ3) is 7.82. The lowest BCUT2D eigenvalue weighted by atomic mass is 10.3. The standard InChI is InChI=1S/C8H16ClNO/c1-3-4-6-10(2)7-5-8(9)11/h3-7H2,1-2H3. The van der Waals surface area contributed by atoms with Crippen LogP contribution < -0.4 is 0 Å². The summed E-state index contributed by atoms with van der Waals surface area (Å²) in [6, 6.07) is 0. The van der Waals surface area contributed by atoms with Crippen molar-refractivity contribution < 1.29 is 4.79 Å². The van der Waals surface area contributed by atoms with Crippen LogP contribution in [0.15, 0.2) is 0 Å². The Hall–Kier alpha value is -0.0800. The summed E-state index contributed by atoms with van der Waals surface area (Å²) in [4.78, 5) is 12.5. The van der Waals surface area contributed by atoms with E-state index in [1.54, 1.807) is 0 Å². The van der Waals surface area contributed by atoms with Gasteiger partial charge in [0.25, 0.3) is 0 Å². The van der Waals surface area contributed by atoms with Gasteiger partial charge in [-0.15, -0.1) is 0 Å². The molecule has 0 saturated heterocycles. The van der Waals surface area contributed by atoms with Crippen molar-refractivity contribution in [1.29, 1.82) is 0 Å². The van der Waals surface area contributed by atoms with Crippen molar-refractivity contribution >= 4 is 16.8 Å². The largest absolute Gasteiger partial charge is 0.306 e. The Morgan fingerprint density at radius 2 is 2.09 bits per heavy atom. The first-order valence-corrected chi connectivity index (χ1v) is 4.41. The molecule has 0 radical (unpaired) electrons. The van der Waals surface area contributed by atoms with E-state index in [0.29, 0.717) is 6.42 Å². The highest BCUT2D eigenvalue weighted by Gasteiger charge is 2.00. The molecule has 0 atom stereocenters. The van der Waals surface area contributed by atoms with E-state index in [1.807, 2.05) is 7.05 Å². The van der Waals surface area contributed by atoms with Gasteiger partial charge in [0, 0.05) is 13.0 Å². The molecule has 0 saturated carbocycles. The van der Waals surface area contributed by atoms with E-state index in [9.17, 15) is 4.79 Å². The molecule has 66 valence electrons. The fraction of sp³-hybridized carbons (Fsp3) is 0.875. The highest BCUT2D eigenvalue weighted by atomic mass is 35.5. The van der Waals surface area contributed by atoms with Crippen molar-refractivity contribution in [3.63, 3.8) is 0 Å². The van der Waals surface area contributed by atoms with Crippen LogP contribution in [0.5, 0.6) is 0 Å². The highest BCUT2D eigenvalue weighted by Crippen LogP contribution is 1.95. The molecule has 0 fully saturated rings. The Morgan fingerprint density at radius 1 is 1.45 bits per heavy atom. The number of carbonyl (C=O) groups excluding carboxylic acids is 1. The average Bonchev–Trinajstić information content (AvgIpc) is 1.97. The van der Waals surface area contributed by atoms with Gasteiger partial charge >= 0.3 is 0 Å². The summed E-state index contributed by atoms with van der Waals surface area (Å²) in [5.74, 6) is 0. The summed E-state index contributed by atoms with van der Waals surface area (Å²) in [6.45, 7) is 3.99. The zero-order chi connectivity index (χ0) is 8.69. The van der Waals surface area contributed by atoms with Gasteiger partial charge in [0.15, 0.2) is 0 Å². The Kier molecular flexibility index (Phi) is 6.57. The van der Waals surface area contributed by atoms with Gasteiger partial charge in [0.1, 0.15) is 0 Å². The van der Waals surface area contributed by atoms with Crippen LogP contribution in [0, 0.1) is 0 Å². The molecule has 0 spiro atoms. The van der Waals surface area contributed by atoms with Crippen LogP contribution in [0.4, 0.5) is 0 Å². The minimum Gasteiger partial charge on any atom is -0.306 e. The molecule has 0 aliphatic rings. The van der Waals surface area contributed by atoms with Gasteiger partial charge in [0.05, 0.1) is 0 Å². The van der Waals surface area contributed by atoms with Gasteiger partial charge in [0.2, 0.25) is 5.24 Å². The maximum atomic E-state index is 10.4. The maximum absolute atomic E-state index is 10.4. The van der Waals surface area contributed by atoms with Crippen LogP contribution in [0.25, 0.3) is 0 Å². The third-order valence-corrected chi connectivity index (χ3v) is 1.77. The average molecular weight is 178 g/mol. The van der Waals surface area contributed by atoms with Gasteiger partial charge in [-0.2, -0.15) is 0 Å². The van der Waals surface area contributed by atoms with Crippen LogP contribution in [0.1, 0.15) is 26.2 Å². The fourth-order valence-corrected chi connectivity index (χ4v) is 0.903. The van der Waals surface area contributed by atoms with Gasteiger partial charge < -0.3 is 4.90 Å². The first kappa shape index (κ1) is 10.9. The highest BCUT2D eigenvalue weighted by molar-refractivity contribution is 6.63. The summed E-state index contributed by atoms with van der Waals surface area (Å²) in [5.41, 5.74) is 0. The Labute approximate surface area is 73.5 Å². The van der Waals surface area contributed by atoms with E-state index in [0.717, 1.165) is 13.1 Å². The van der Waals surface area contributed by atoms with E-state index in [-0.39, 0.29) is 5.24 Å². The first-order valence-electron chi connectivity index (χ1n) is 4.03. The Bertz CT molecular complexity index is 117. The zero-order valence-corrected chi connectivity index (χ0v) is 8.02. The van der Waals surface area contributed by atoms with Crippen LogP contribution in [-0.2, 0) is 4.79 Å². The summed E-state index contributed by atoms with van der Waals surface area (Å²) >= 11 is 5.19. The predicted octanol–water partition coefficient (Wildman–Crippen LogP) is 1.87. The lowest BCUT2D eigenvalue weighted by molar-refractivity contribution is -0.111. The van der Waals surface area contributed by atoms with Crippen molar-refractivity contribution in [2.45, 2.75) is 26.2 Å². The number of hydrogen-bond donors (Lipinski definition) is 0. The lowest BCUT2D eigenvalue weighted by Gasteiger charge is -2.13. The number of rotatable bonds is 6. The second-order valence-corrected chi connectivity index (χ2v) is 3.18. The zero-order valence-electron chi connectivity index (χ0n) is 7.27. The molecule has 11 heavy (non-hydrogen) atoms. The summed E-state index contributed by atoms with van der Waals surface area (Å²) in [5, 5.41) is -0.242. The Balaban J connectivity index is 3.22. The number of halogens is 1. The molecule has 0 aliphatic carbocycles. The van der Waals surface area contributed by atoms with E-state index < -0.39 is 0 Å². The van der Waals surface area contributed by atoms with Gasteiger partial charge in [-0.05, 0) is 31.6 Å². The quantitative estimate of drug-likeness (QED) is 0.578. The predicted molar refractivity (Wildman–Crippen MR) is 47.9 cm³/mol. The minimum atomic E-state index is -0.242. The summed E-state index contributed by atoms with van der Waals surface area (Å²) in [7, 11) is 2.01. The molecular formula is C8H16ClNO.